The summed E-state index contributed by atoms with van der Waals surface area (Å²) >= 11 is 5.67. The number of methoxy groups -OCH3 is 2. The first kappa shape index (κ1) is 21.0. The van der Waals surface area contributed by atoms with Crippen molar-refractivity contribution >= 4 is 23.3 Å². The number of hydrogen-bond acceptors (Lipinski definition) is 5. The Bertz CT molecular complexity index is 1050. The highest BCUT2D eigenvalue weighted by Crippen LogP contribution is 2.39. The summed E-state index contributed by atoms with van der Waals surface area (Å²) in [5, 5.41) is 4.12. The summed E-state index contributed by atoms with van der Waals surface area (Å²) in [6, 6.07) is 17.2. The molecular formula is C23H24N4O3S. The molecule has 7 nitrogen and oxygen atoms in total. The van der Waals surface area contributed by atoms with Crippen LogP contribution >= 0.6 is 12.2 Å². The number of hydrogen-bond donors (Lipinski definition) is 1. The van der Waals surface area contributed by atoms with Crippen molar-refractivity contribution in [3.05, 3.63) is 83.9 Å². The van der Waals surface area contributed by atoms with E-state index in [0.29, 0.717) is 23.8 Å². The zero-order chi connectivity index (χ0) is 21.8. The van der Waals surface area contributed by atoms with Gasteiger partial charge in [-0.15, -0.1) is 0 Å². The number of ether oxygens (including phenoxy) is 2. The fraction of sp³-hybridized carbons (Fsp3) is 0.261. The van der Waals surface area contributed by atoms with Crippen LogP contribution in [-0.2, 0) is 9.47 Å². The third-order valence-corrected chi connectivity index (χ3v) is 5.74. The number of pyridine rings is 1. The first-order valence-corrected chi connectivity index (χ1v) is 10.4. The molecule has 31 heavy (non-hydrogen) atoms. The van der Waals surface area contributed by atoms with Crippen molar-refractivity contribution in [2.45, 2.75) is 12.1 Å². The van der Waals surface area contributed by atoms with Crippen molar-refractivity contribution in [2.75, 3.05) is 27.4 Å². The van der Waals surface area contributed by atoms with Crippen LogP contribution in [0.4, 0.5) is 0 Å². The monoisotopic (exact) mass is 436 g/mol. The van der Waals surface area contributed by atoms with Gasteiger partial charge in [0.1, 0.15) is 0 Å². The molecule has 1 saturated heterocycles. The van der Waals surface area contributed by atoms with Gasteiger partial charge in [-0.3, -0.25) is 4.98 Å². The Kier molecular flexibility index (Phi) is 6.29. The number of aromatic nitrogens is 2. The van der Waals surface area contributed by atoms with E-state index in [1.165, 1.54) is 7.11 Å². The van der Waals surface area contributed by atoms with Crippen molar-refractivity contribution in [3.8, 4) is 5.69 Å². The predicted octanol–water partition coefficient (Wildman–Crippen LogP) is 3.28. The molecule has 0 aliphatic carbocycles. The summed E-state index contributed by atoms with van der Waals surface area (Å²) in [6.07, 6.45) is 3.80. The number of carbonyl (C=O) groups is 1. The van der Waals surface area contributed by atoms with E-state index < -0.39 is 0 Å². The Hall–Kier alpha value is -3.23. The van der Waals surface area contributed by atoms with Crippen molar-refractivity contribution < 1.29 is 14.3 Å². The number of esters is 1. The van der Waals surface area contributed by atoms with Crippen molar-refractivity contribution in [1.82, 2.24) is 19.8 Å². The lowest BCUT2D eigenvalue weighted by Crippen LogP contribution is -2.33. The van der Waals surface area contributed by atoms with Gasteiger partial charge < -0.3 is 24.3 Å². The van der Waals surface area contributed by atoms with E-state index in [2.05, 4.69) is 25.8 Å². The molecule has 0 unspecified atom stereocenters. The number of benzene rings is 1. The highest BCUT2D eigenvalue weighted by atomic mass is 32.1. The third kappa shape index (κ3) is 4.17. The Balaban J connectivity index is 1.74. The van der Waals surface area contributed by atoms with Gasteiger partial charge in [-0.25, -0.2) is 4.79 Å². The van der Waals surface area contributed by atoms with Crippen LogP contribution in [-0.4, -0.2) is 52.9 Å². The van der Waals surface area contributed by atoms with Crippen LogP contribution < -0.4 is 5.32 Å². The van der Waals surface area contributed by atoms with Crippen molar-refractivity contribution in [2.24, 2.45) is 0 Å². The second-order valence-corrected chi connectivity index (χ2v) is 7.54. The van der Waals surface area contributed by atoms with E-state index in [4.69, 9.17) is 21.7 Å². The number of nitrogens with zero attached hydrogens (tertiary/aromatic N) is 3. The predicted molar refractivity (Wildman–Crippen MR) is 121 cm³/mol. The fourth-order valence-electron chi connectivity index (χ4n) is 3.90. The van der Waals surface area contributed by atoms with Crippen LogP contribution in [0.15, 0.2) is 67.0 Å². The highest BCUT2D eigenvalue weighted by molar-refractivity contribution is 7.80. The summed E-state index contributed by atoms with van der Waals surface area (Å²) < 4.78 is 12.2. The molecule has 0 radical (unpaired) electrons. The average Bonchev–Trinajstić information content (AvgIpc) is 3.42. The fourth-order valence-corrected chi connectivity index (χ4v) is 4.24. The molecule has 0 saturated carbocycles. The summed E-state index contributed by atoms with van der Waals surface area (Å²) in [4.78, 5) is 18.5. The van der Waals surface area contributed by atoms with Gasteiger partial charge in [0.15, 0.2) is 5.11 Å². The lowest BCUT2D eigenvalue weighted by molar-refractivity contribution is 0.0600. The van der Waals surface area contributed by atoms with Gasteiger partial charge in [-0.05, 0) is 60.7 Å². The second kappa shape index (κ2) is 9.28. The average molecular weight is 437 g/mol. The second-order valence-electron chi connectivity index (χ2n) is 7.15. The molecule has 1 N–H and O–H groups in total. The molecule has 160 valence electrons. The Morgan fingerprint density at radius 2 is 1.94 bits per heavy atom. The van der Waals surface area contributed by atoms with Crippen LogP contribution in [0.3, 0.4) is 0 Å². The molecule has 1 aliphatic heterocycles. The van der Waals surface area contributed by atoms with Gasteiger partial charge in [-0.1, -0.05) is 6.07 Å². The molecule has 1 aromatic carbocycles. The molecule has 4 rings (SSSR count). The van der Waals surface area contributed by atoms with Gasteiger partial charge in [0, 0.05) is 37.4 Å². The molecule has 3 heterocycles. The van der Waals surface area contributed by atoms with E-state index in [1.807, 2.05) is 42.6 Å². The van der Waals surface area contributed by atoms with Crippen LogP contribution in [0.5, 0.6) is 0 Å². The Morgan fingerprint density at radius 1 is 1.13 bits per heavy atom. The molecule has 1 aliphatic rings. The molecule has 0 bridgehead atoms. The lowest BCUT2D eigenvalue weighted by atomic mass is 10.0. The topological polar surface area (TPSA) is 68.6 Å². The van der Waals surface area contributed by atoms with Crippen LogP contribution in [0.2, 0.25) is 0 Å². The minimum absolute atomic E-state index is 0.0761. The minimum atomic E-state index is -0.356. The first-order chi connectivity index (χ1) is 15.1. The SMILES string of the molecule is COCCN1C(=S)N[C@@H](c2ccccn2)[C@H]1c1cccn1-c1ccc(C(=O)OC)cc1. The van der Waals surface area contributed by atoms with E-state index in [-0.39, 0.29) is 18.1 Å². The summed E-state index contributed by atoms with van der Waals surface area (Å²) in [5.41, 5.74) is 3.43. The highest BCUT2D eigenvalue weighted by Gasteiger charge is 2.41. The molecule has 1 fully saturated rings. The summed E-state index contributed by atoms with van der Waals surface area (Å²) in [7, 11) is 3.06. The maximum Gasteiger partial charge on any atom is 0.337 e. The standard InChI is InChI=1S/C23H24N4O3S/c1-29-15-14-27-21(20(25-23(27)31)18-6-3-4-12-24-18)19-7-5-13-26(19)17-10-8-16(9-11-17)22(28)30-2/h3-13,20-21H,14-15H2,1-2H3,(H,25,31)/t20-,21+/m0/s1. The van der Waals surface area contributed by atoms with Gasteiger partial charge >= 0.3 is 5.97 Å². The molecule has 8 heteroatoms. The van der Waals surface area contributed by atoms with Gasteiger partial charge in [0.05, 0.1) is 37.1 Å². The quantitative estimate of drug-likeness (QED) is 0.450. The van der Waals surface area contributed by atoms with Crippen LogP contribution in [0, 0.1) is 0 Å². The van der Waals surface area contributed by atoms with Gasteiger partial charge in [-0.2, -0.15) is 0 Å². The molecule has 2 aromatic heterocycles. The smallest absolute Gasteiger partial charge is 0.337 e. The molecule has 0 amide bonds. The van der Waals surface area contributed by atoms with Crippen molar-refractivity contribution in [1.29, 1.82) is 0 Å². The Morgan fingerprint density at radius 3 is 2.61 bits per heavy atom. The van der Waals surface area contributed by atoms with E-state index in [1.54, 1.807) is 25.4 Å². The molecule has 2 atom stereocenters. The third-order valence-electron chi connectivity index (χ3n) is 5.38. The van der Waals surface area contributed by atoms with E-state index in [9.17, 15) is 4.79 Å². The largest absolute Gasteiger partial charge is 0.465 e. The van der Waals surface area contributed by atoms with Gasteiger partial charge in [0.2, 0.25) is 0 Å². The zero-order valence-corrected chi connectivity index (χ0v) is 18.2. The maximum atomic E-state index is 11.8. The minimum Gasteiger partial charge on any atom is -0.465 e. The first-order valence-electron chi connectivity index (χ1n) is 9.97. The number of carbonyl (C=O) groups excluding carboxylic acids is 1. The lowest BCUT2D eigenvalue weighted by Gasteiger charge is -2.28. The van der Waals surface area contributed by atoms with E-state index >= 15 is 0 Å². The summed E-state index contributed by atoms with van der Waals surface area (Å²) in [6.45, 7) is 1.21. The Labute approximate surface area is 186 Å². The maximum absolute atomic E-state index is 11.8. The van der Waals surface area contributed by atoms with Crippen molar-refractivity contribution in [3.63, 3.8) is 0 Å². The van der Waals surface area contributed by atoms with Crippen LogP contribution in [0.25, 0.3) is 5.69 Å². The zero-order valence-electron chi connectivity index (χ0n) is 17.4. The van der Waals surface area contributed by atoms with Gasteiger partial charge in [0.25, 0.3) is 0 Å². The molecule has 3 aromatic rings. The number of rotatable bonds is 7. The summed E-state index contributed by atoms with van der Waals surface area (Å²) in [5.74, 6) is -0.356. The number of nitrogens with one attached hydrogen (secondary N) is 1. The molecule has 0 spiro atoms. The normalized spacial score (nSPS) is 18.1. The number of thiocarbonyl (C=S) groups is 1. The van der Waals surface area contributed by atoms with Crippen LogP contribution in [0.1, 0.15) is 33.8 Å². The molecular weight excluding hydrogens is 412 g/mol. The van der Waals surface area contributed by atoms with E-state index in [0.717, 1.165) is 17.1 Å².